The lowest BCUT2D eigenvalue weighted by atomic mass is 10.2. The summed E-state index contributed by atoms with van der Waals surface area (Å²) in [5.41, 5.74) is -0.164. The number of halogens is 2. The van der Waals surface area contributed by atoms with E-state index in [-0.39, 0.29) is 17.1 Å². The van der Waals surface area contributed by atoms with E-state index in [9.17, 15) is 18.9 Å². The number of rotatable bonds is 2. The highest BCUT2D eigenvalue weighted by molar-refractivity contribution is 5.55. The van der Waals surface area contributed by atoms with Crippen molar-refractivity contribution >= 4 is 5.69 Å². The average Bonchev–Trinajstić information content (AvgIpc) is 2.28. The normalized spacial score (nSPS) is 10.2. The van der Waals surface area contributed by atoms with E-state index in [4.69, 9.17) is 0 Å². The van der Waals surface area contributed by atoms with Crippen LogP contribution in [0.3, 0.4) is 0 Å². The van der Waals surface area contributed by atoms with Crippen molar-refractivity contribution in [3.63, 3.8) is 0 Å². The Bertz CT molecular complexity index is 552. The maximum atomic E-state index is 12.9. The van der Waals surface area contributed by atoms with E-state index in [0.717, 1.165) is 30.6 Å². The van der Waals surface area contributed by atoms with E-state index < -0.39 is 16.6 Å². The molecule has 2 aromatic rings. The first-order chi connectivity index (χ1) is 8.06. The summed E-state index contributed by atoms with van der Waals surface area (Å²) in [7, 11) is 0. The molecular formula is C10H5F2N3O2. The van der Waals surface area contributed by atoms with Crippen LogP contribution in [0.5, 0.6) is 0 Å². The van der Waals surface area contributed by atoms with Gasteiger partial charge in [-0.15, -0.1) is 0 Å². The van der Waals surface area contributed by atoms with Crippen LogP contribution in [0, 0.1) is 21.7 Å². The molecule has 0 radical (unpaired) electrons. The highest BCUT2D eigenvalue weighted by Crippen LogP contribution is 2.18. The molecule has 0 amide bonds. The average molecular weight is 237 g/mol. The molecule has 0 aliphatic rings. The molecule has 0 N–H and O–H groups in total. The van der Waals surface area contributed by atoms with Crippen LogP contribution in [-0.2, 0) is 0 Å². The van der Waals surface area contributed by atoms with E-state index in [1.165, 1.54) is 0 Å². The zero-order valence-electron chi connectivity index (χ0n) is 8.30. The van der Waals surface area contributed by atoms with Gasteiger partial charge in [-0.3, -0.25) is 10.1 Å². The molecule has 0 aliphatic carbocycles. The van der Waals surface area contributed by atoms with Gasteiger partial charge in [0.25, 0.3) is 0 Å². The summed E-state index contributed by atoms with van der Waals surface area (Å²) < 4.78 is 25.8. The summed E-state index contributed by atoms with van der Waals surface area (Å²) in [4.78, 5) is 17.0. The van der Waals surface area contributed by atoms with Gasteiger partial charge < -0.3 is 0 Å². The highest BCUT2D eigenvalue weighted by atomic mass is 19.1. The van der Waals surface area contributed by atoms with Crippen molar-refractivity contribution in [3.05, 3.63) is 52.3 Å². The largest absolute Gasteiger partial charge is 0.305 e. The Kier molecular flexibility index (Phi) is 2.73. The fourth-order valence-electron chi connectivity index (χ4n) is 1.25. The minimum atomic E-state index is -0.762. The van der Waals surface area contributed by atoms with Crippen molar-refractivity contribution in [1.82, 2.24) is 9.97 Å². The monoisotopic (exact) mass is 237 g/mol. The lowest BCUT2D eigenvalue weighted by Gasteiger charge is -2.00. The summed E-state index contributed by atoms with van der Waals surface area (Å²) in [6.07, 6.45) is 1.95. The second-order valence-electron chi connectivity index (χ2n) is 3.18. The molecule has 7 heteroatoms. The Labute approximate surface area is 93.9 Å². The number of hydrogen-bond donors (Lipinski definition) is 0. The maximum Gasteiger partial charge on any atom is 0.305 e. The molecule has 0 saturated heterocycles. The van der Waals surface area contributed by atoms with E-state index in [1.54, 1.807) is 0 Å². The molecule has 86 valence electrons. The molecule has 5 nitrogen and oxygen atoms in total. The summed E-state index contributed by atoms with van der Waals surface area (Å²) in [5.74, 6) is -1.50. The van der Waals surface area contributed by atoms with Crippen LogP contribution in [0.15, 0.2) is 30.6 Å². The summed E-state index contributed by atoms with van der Waals surface area (Å²) in [6, 6.07) is 2.81. The van der Waals surface area contributed by atoms with Crippen molar-refractivity contribution < 1.29 is 13.7 Å². The fourth-order valence-corrected chi connectivity index (χ4v) is 1.25. The molecule has 0 aliphatic heterocycles. The number of benzene rings is 1. The maximum absolute atomic E-state index is 12.9. The zero-order chi connectivity index (χ0) is 12.4. The van der Waals surface area contributed by atoms with Gasteiger partial charge in [-0.1, -0.05) is 0 Å². The van der Waals surface area contributed by atoms with Crippen molar-refractivity contribution in [2.45, 2.75) is 0 Å². The lowest BCUT2D eigenvalue weighted by Crippen LogP contribution is -1.94. The second-order valence-corrected chi connectivity index (χ2v) is 3.18. The van der Waals surface area contributed by atoms with Gasteiger partial charge in [0.2, 0.25) is 0 Å². The Morgan fingerprint density at radius 2 is 1.59 bits per heavy atom. The predicted octanol–water partition coefficient (Wildman–Crippen LogP) is 2.33. The number of nitrogens with zero attached hydrogens (tertiary/aromatic N) is 3. The minimum absolute atomic E-state index is 0.0222. The summed E-state index contributed by atoms with van der Waals surface area (Å²) in [5, 5.41) is 10.4. The Morgan fingerprint density at radius 1 is 1.06 bits per heavy atom. The fraction of sp³-hybridized carbons (Fsp3) is 0. The standard InChI is InChI=1S/C10H5F2N3O2/c11-7-1-6(2-8(12)3-7)10-13-4-9(5-14-10)15(16)17/h1-5H. The second kappa shape index (κ2) is 4.20. The SMILES string of the molecule is O=[N+]([O-])c1cnc(-c2cc(F)cc(F)c2)nc1. The lowest BCUT2D eigenvalue weighted by molar-refractivity contribution is -0.385. The van der Waals surface area contributed by atoms with Gasteiger partial charge in [-0.25, -0.2) is 18.7 Å². The molecule has 1 heterocycles. The van der Waals surface area contributed by atoms with Crippen LogP contribution in [-0.4, -0.2) is 14.9 Å². The number of hydrogen-bond acceptors (Lipinski definition) is 4. The van der Waals surface area contributed by atoms with Crippen LogP contribution >= 0.6 is 0 Å². The molecule has 0 unspecified atom stereocenters. The van der Waals surface area contributed by atoms with E-state index in [0.29, 0.717) is 0 Å². The van der Waals surface area contributed by atoms with Gasteiger partial charge >= 0.3 is 5.69 Å². The van der Waals surface area contributed by atoms with Gasteiger partial charge in [0.1, 0.15) is 24.0 Å². The third kappa shape index (κ3) is 2.39. The molecule has 0 fully saturated rings. The number of aromatic nitrogens is 2. The zero-order valence-corrected chi connectivity index (χ0v) is 8.30. The molecule has 0 saturated carbocycles. The molecule has 1 aromatic heterocycles. The topological polar surface area (TPSA) is 68.9 Å². The van der Waals surface area contributed by atoms with Gasteiger partial charge in [0.05, 0.1) is 4.92 Å². The van der Waals surface area contributed by atoms with Crippen LogP contribution in [0.4, 0.5) is 14.5 Å². The number of nitro groups is 1. The van der Waals surface area contributed by atoms with Crippen molar-refractivity contribution in [1.29, 1.82) is 0 Å². The highest BCUT2D eigenvalue weighted by Gasteiger charge is 2.09. The van der Waals surface area contributed by atoms with Gasteiger partial charge in [0.15, 0.2) is 5.82 Å². The molecular weight excluding hydrogens is 232 g/mol. The first-order valence-electron chi connectivity index (χ1n) is 4.49. The third-order valence-electron chi connectivity index (χ3n) is 1.97. The Hall–Kier alpha value is -2.44. The predicted molar refractivity (Wildman–Crippen MR) is 54.0 cm³/mol. The summed E-state index contributed by atoms with van der Waals surface area (Å²) in [6.45, 7) is 0. The molecule has 0 atom stereocenters. The van der Waals surface area contributed by atoms with E-state index in [1.807, 2.05) is 0 Å². The smallest absolute Gasteiger partial charge is 0.258 e. The first-order valence-corrected chi connectivity index (χ1v) is 4.49. The molecule has 0 spiro atoms. The van der Waals surface area contributed by atoms with Crippen molar-refractivity contribution in [2.24, 2.45) is 0 Å². The van der Waals surface area contributed by atoms with Gasteiger partial charge in [-0.05, 0) is 12.1 Å². The third-order valence-corrected chi connectivity index (χ3v) is 1.97. The summed E-state index contributed by atoms with van der Waals surface area (Å²) >= 11 is 0. The van der Waals surface area contributed by atoms with Crippen molar-refractivity contribution in [2.75, 3.05) is 0 Å². The molecule has 17 heavy (non-hydrogen) atoms. The van der Waals surface area contributed by atoms with Crippen LogP contribution in [0.1, 0.15) is 0 Å². The van der Waals surface area contributed by atoms with Crippen LogP contribution in [0.25, 0.3) is 11.4 Å². The van der Waals surface area contributed by atoms with E-state index in [2.05, 4.69) is 9.97 Å². The van der Waals surface area contributed by atoms with Gasteiger partial charge in [0, 0.05) is 11.6 Å². The Morgan fingerprint density at radius 3 is 2.06 bits per heavy atom. The van der Waals surface area contributed by atoms with Crippen LogP contribution in [0.2, 0.25) is 0 Å². The van der Waals surface area contributed by atoms with Crippen LogP contribution < -0.4 is 0 Å². The Balaban J connectivity index is 2.43. The van der Waals surface area contributed by atoms with Crippen molar-refractivity contribution in [3.8, 4) is 11.4 Å². The molecule has 1 aromatic carbocycles. The molecule has 2 rings (SSSR count). The minimum Gasteiger partial charge on any atom is -0.258 e. The first kappa shape index (κ1) is 11.1. The van der Waals surface area contributed by atoms with Gasteiger partial charge in [-0.2, -0.15) is 0 Å². The van der Waals surface area contributed by atoms with E-state index >= 15 is 0 Å². The quantitative estimate of drug-likeness (QED) is 0.593. The molecule has 0 bridgehead atoms.